The van der Waals surface area contributed by atoms with Crippen LogP contribution < -0.4 is 11.1 Å². The first-order valence-corrected chi connectivity index (χ1v) is 7.79. The normalized spacial score (nSPS) is 16.4. The minimum absolute atomic E-state index is 0. The van der Waals surface area contributed by atoms with E-state index in [1.54, 1.807) is 6.07 Å². The summed E-state index contributed by atoms with van der Waals surface area (Å²) in [6, 6.07) is 6.40. The molecule has 1 aliphatic carbocycles. The monoisotopic (exact) mass is 328 g/mol. The third kappa shape index (κ3) is 3.61. The predicted molar refractivity (Wildman–Crippen MR) is 89.7 cm³/mol. The zero-order chi connectivity index (χ0) is 15.5. The largest absolute Gasteiger partial charge is 0.353 e. The van der Waals surface area contributed by atoms with Gasteiger partial charge in [-0.15, -0.1) is 12.4 Å². The molecule has 1 aromatic rings. The topological polar surface area (TPSA) is 55.1 Å². The Balaban J connectivity index is 0.00000242. The number of carbonyl (C=O) groups excluding carboxylic acids is 1. The Morgan fingerprint density at radius 1 is 1.36 bits per heavy atom. The highest BCUT2D eigenvalue weighted by atomic mass is 35.5. The number of benzene rings is 1. The van der Waals surface area contributed by atoms with Crippen LogP contribution in [0.1, 0.15) is 51.5 Å². The van der Waals surface area contributed by atoms with Crippen molar-refractivity contribution in [3.8, 4) is 0 Å². The first kappa shape index (κ1) is 18.9. The zero-order valence-electron chi connectivity index (χ0n) is 13.3. The van der Waals surface area contributed by atoms with Crippen LogP contribution >= 0.6 is 12.4 Å². The Morgan fingerprint density at radius 2 is 2.00 bits per heavy atom. The van der Waals surface area contributed by atoms with Gasteiger partial charge in [-0.05, 0) is 43.4 Å². The summed E-state index contributed by atoms with van der Waals surface area (Å²) in [7, 11) is 0. The third-order valence-electron chi connectivity index (χ3n) is 5.03. The van der Waals surface area contributed by atoms with Gasteiger partial charge < -0.3 is 11.1 Å². The first-order chi connectivity index (χ1) is 9.96. The fourth-order valence-corrected chi connectivity index (χ4v) is 2.89. The maximum atomic E-state index is 13.5. The SMILES string of the molecule is CCC(N)(CC)CNC(=O)C1(c2cccc(F)c2)CCC1.Cl. The molecular formula is C17H26ClFN2O. The average molecular weight is 329 g/mol. The van der Waals surface area contributed by atoms with Gasteiger partial charge in [0.2, 0.25) is 5.91 Å². The Bertz CT molecular complexity index is 513. The van der Waals surface area contributed by atoms with Gasteiger partial charge in [-0.1, -0.05) is 32.4 Å². The van der Waals surface area contributed by atoms with Crippen LogP contribution in [0.5, 0.6) is 0 Å². The van der Waals surface area contributed by atoms with Crippen LogP contribution in [0.4, 0.5) is 4.39 Å². The van der Waals surface area contributed by atoms with Crippen molar-refractivity contribution in [2.45, 2.75) is 56.9 Å². The van der Waals surface area contributed by atoms with Crippen LogP contribution in [-0.4, -0.2) is 18.0 Å². The quantitative estimate of drug-likeness (QED) is 0.841. The van der Waals surface area contributed by atoms with E-state index in [9.17, 15) is 9.18 Å². The fourth-order valence-electron chi connectivity index (χ4n) is 2.89. The van der Waals surface area contributed by atoms with Crippen molar-refractivity contribution in [3.05, 3.63) is 35.6 Å². The standard InChI is InChI=1S/C17H25FN2O.ClH/c1-3-16(19,4-2)12-20-15(21)17(9-6-10-17)13-7-5-8-14(18)11-13;/h5,7-8,11H,3-4,6,9-10,12,19H2,1-2H3,(H,20,21);1H. The van der Waals surface area contributed by atoms with Crippen LogP contribution in [0.15, 0.2) is 24.3 Å². The van der Waals surface area contributed by atoms with Gasteiger partial charge in [-0.3, -0.25) is 4.79 Å². The van der Waals surface area contributed by atoms with Crippen LogP contribution in [0.3, 0.4) is 0 Å². The number of hydrogen-bond donors (Lipinski definition) is 2. The Labute approximate surface area is 138 Å². The number of halogens is 2. The molecule has 0 heterocycles. The summed E-state index contributed by atoms with van der Waals surface area (Å²) in [5, 5.41) is 3.00. The lowest BCUT2D eigenvalue weighted by Crippen LogP contribution is -2.55. The van der Waals surface area contributed by atoms with Crippen molar-refractivity contribution in [2.75, 3.05) is 6.54 Å². The molecule has 1 fully saturated rings. The second-order valence-electron chi connectivity index (χ2n) is 6.20. The number of nitrogens with one attached hydrogen (secondary N) is 1. The summed E-state index contributed by atoms with van der Waals surface area (Å²) < 4.78 is 13.5. The van der Waals surface area contributed by atoms with E-state index < -0.39 is 5.41 Å². The van der Waals surface area contributed by atoms with Crippen LogP contribution in [-0.2, 0) is 10.2 Å². The van der Waals surface area contributed by atoms with Crippen molar-refractivity contribution in [2.24, 2.45) is 5.73 Å². The highest BCUT2D eigenvalue weighted by molar-refractivity contribution is 5.89. The van der Waals surface area contributed by atoms with Gasteiger partial charge in [-0.25, -0.2) is 4.39 Å². The van der Waals surface area contributed by atoms with Crippen molar-refractivity contribution >= 4 is 18.3 Å². The van der Waals surface area contributed by atoms with E-state index in [0.717, 1.165) is 37.7 Å². The van der Waals surface area contributed by atoms with Gasteiger partial charge in [0.25, 0.3) is 0 Å². The minimum Gasteiger partial charge on any atom is -0.353 e. The molecule has 0 spiro atoms. The molecule has 1 aromatic carbocycles. The average Bonchev–Trinajstić information content (AvgIpc) is 2.44. The lowest BCUT2D eigenvalue weighted by Gasteiger charge is -2.41. The number of rotatable bonds is 6. The molecule has 124 valence electrons. The third-order valence-corrected chi connectivity index (χ3v) is 5.03. The molecule has 0 aliphatic heterocycles. The molecule has 0 saturated heterocycles. The molecule has 0 bridgehead atoms. The zero-order valence-corrected chi connectivity index (χ0v) is 14.1. The second-order valence-corrected chi connectivity index (χ2v) is 6.20. The van der Waals surface area contributed by atoms with Gasteiger partial charge in [-0.2, -0.15) is 0 Å². The first-order valence-electron chi connectivity index (χ1n) is 7.79. The molecule has 3 nitrogen and oxygen atoms in total. The fraction of sp³-hybridized carbons (Fsp3) is 0.588. The summed E-state index contributed by atoms with van der Waals surface area (Å²) in [5.41, 5.74) is 6.09. The molecule has 1 amide bonds. The molecule has 0 radical (unpaired) electrons. The molecule has 1 aliphatic rings. The van der Waals surface area contributed by atoms with Gasteiger partial charge in [0.1, 0.15) is 5.82 Å². The van der Waals surface area contributed by atoms with E-state index in [4.69, 9.17) is 5.73 Å². The molecule has 1 saturated carbocycles. The van der Waals surface area contributed by atoms with E-state index in [1.807, 2.05) is 19.9 Å². The van der Waals surface area contributed by atoms with E-state index >= 15 is 0 Å². The van der Waals surface area contributed by atoms with Gasteiger partial charge in [0.15, 0.2) is 0 Å². The number of hydrogen-bond acceptors (Lipinski definition) is 2. The van der Waals surface area contributed by atoms with Crippen molar-refractivity contribution in [1.29, 1.82) is 0 Å². The van der Waals surface area contributed by atoms with Crippen LogP contribution in [0.25, 0.3) is 0 Å². The molecule has 0 aromatic heterocycles. The Morgan fingerprint density at radius 3 is 2.45 bits per heavy atom. The minimum atomic E-state index is -0.565. The molecule has 22 heavy (non-hydrogen) atoms. The molecule has 2 rings (SSSR count). The number of amides is 1. The van der Waals surface area contributed by atoms with Crippen LogP contribution in [0.2, 0.25) is 0 Å². The molecule has 3 N–H and O–H groups in total. The lowest BCUT2D eigenvalue weighted by atomic mass is 9.63. The Hall–Kier alpha value is -1.13. The van der Waals surface area contributed by atoms with Crippen molar-refractivity contribution in [3.63, 3.8) is 0 Å². The van der Waals surface area contributed by atoms with Gasteiger partial charge >= 0.3 is 0 Å². The lowest BCUT2D eigenvalue weighted by molar-refractivity contribution is -0.130. The molecule has 0 unspecified atom stereocenters. The van der Waals surface area contributed by atoms with Crippen molar-refractivity contribution < 1.29 is 9.18 Å². The van der Waals surface area contributed by atoms with Crippen LogP contribution in [0, 0.1) is 5.82 Å². The summed E-state index contributed by atoms with van der Waals surface area (Å²) >= 11 is 0. The van der Waals surface area contributed by atoms with Gasteiger partial charge in [0.05, 0.1) is 5.41 Å². The van der Waals surface area contributed by atoms with E-state index in [0.29, 0.717) is 6.54 Å². The number of nitrogens with two attached hydrogens (primary N) is 1. The summed E-state index contributed by atoms with van der Waals surface area (Å²) in [4.78, 5) is 12.6. The smallest absolute Gasteiger partial charge is 0.230 e. The van der Waals surface area contributed by atoms with Crippen molar-refractivity contribution in [1.82, 2.24) is 5.32 Å². The second kappa shape index (κ2) is 7.42. The molecule has 0 atom stereocenters. The predicted octanol–water partition coefficient (Wildman–Crippen LogP) is 3.30. The summed E-state index contributed by atoms with van der Waals surface area (Å²) in [6.07, 6.45) is 4.18. The highest BCUT2D eigenvalue weighted by Gasteiger charge is 2.46. The highest BCUT2D eigenvalue weighted by Crippen LogP contribution is 2.44. The van der Waals surface area contributed by atoms with Gasteiger partial charge in [0, 0.05) is 12.1 Å². The molecular weight excluding hydrogens is 303 g/mol. The Kier molecular flexibility index (Phi) is 6.38. The number of carbonyl (C=O) groups is 1. The maximum absolute atomic E-state index is 13.5. The van der Waals surface area contributed by atoms with E-state index in [2.05, 4.69) is 5.32 Å². The van der Waals surface area contributed by atoms with E-state index in [-0.39, 0.29) is 29.7 Å². The summed E-state index contributed by atoms with van der Waals surface area (Å²) in [6.45, 7) is 4.53. The summed E-state index contributed by atoms with van der Waals surface area (Å²) in [5.74, 6) is -0.307. The molecule has 5 heteroatoms. The maximum Gasteiger partial charge on any atom is 0.230 e. The van der Waals surface area contributed by atoms with E-state index in [1.165, 1.54) is 12.1 Å².